The zero-order chi connectivity index (χ0) is 16.8. The number of hydrogen-bond acceptors (Lipinski definition) is 4. The minimum absolute atomic E-state index is 0.682. The van der Waals surface area contributed by atoms with E-state index < -0.39 is 0 Å². The van der Waals surface area contributed by atoms with Gasteiger partial charge in [-0.15, -0.1) is 11.3 Å². The summed E-state index contributed by atoms with van der Waals surface area (Å²) >= 11 is 1.65. The Labute approximate surface area is 150 Å². The van der Waals surface area contributed by atoms with E-state index in [0.29, 0.717) is 5.69 Å². The predicted octanol–water partition coefficient (Wildman–Crippen LogP) is 5.48. The van der Waals surface area contributed by atoms with Crippen LogP contribution in [0.5, 0.6) is 0 Å². The van der Waals surface area contributed by atoms with Crippen molar-refractivity contribution >= 4 is 27.2 Å². The van der Waals surface area contributed by atoms with Gasteiger partial charge in [0.1, 0.15) is 0 Å². The van der Waals surface area contributed by atoms with Crippen molar-refractivity contribution in [2.75, 3.05) is 5.73 Å². The number of nitrogens with two attached hydrogens (primary N) is 1. The summed E-state index contributed by atoms with van der Waals surface area (Å²) in [4.78, 5) is 9.04. The van der Waals surface area contributed by atoms with Crippen LogP contribution in [0.3, 0.4) is 0 Å². The summed E-state index contributed by atoms with van der Waals surface area (Å²) in [6.07, 6.45) is 4.34. The molecule has 0 atom stereocenters. The highest BCUT2D eigenvalue weighted by molar-refractivity contribution is 7.16. The van der Waals surface area contributed by atoms with Crippen LogP contribution in [0.4, 0.5) is 5.69 Å². The molecule has 25 heavy (non-hydrogen) atoms. The maximum Gasteiger partial charge on any atom is 0.0812 e. The lowest BCUT2D eigenvalue weighted by Gasteiger charge is -2.11. The molecule has 0 aliphatic heterocycles. The summed E-state index contributed by atoms with van der Waals surface area (Å²) in [5, 5.41) is 0. The van der Waals surface area contributed by atoms with Gasteiger partial charge in [-0.3, -0.25) is 4.98 Å². The van der Waals surface area contributed by atoms with Crippen LogP contribution in [0.2, 0.25) is 0 Å². The fourth-order valence-corrected chi connectivity index (χ4v) is 4.03. The maximum absolute atomic E-state index is 6.05. The number of thiazole rings is 1. The molecule has 3 nitrogen and oxygen atoms in total. The van der Waals surface area contributed by atoms with Crippen molar-refractivity contribution in [1.29, 1.82) is 0 Å². The molecule has 5 rings (SSSR count). The third kappa shape index (κ3) is 2.68. The highest BCUT2D eigenvalue weighted by Gasteiger charge is 2.24. The third-order valence-electron chi connectivity index (χ3n) is 4.76. The zero-order valence-electron chi connectivity index (χ0n) is 13.6. The lowest BCUT2D eigenvalue weighted by atomic mass is 9.97. The Morgan fingerprint density at radius 2 is 1.88 bits per heavy atom. The lowest BCUT2D eigenvalue weighted by Crippen LogP contribution is -1.94. The van der Waals surface area contributed by atoms with Crippen molar-refractivity contribution in [1.82, 2.24) is 9.97 Å². The molecule has 0 saturated heterocycles. The van der Waals surface area contributed by atoms with Gasteiger partial charge in [-0.05, 0) is 54.2 Å². The van der Waals surface area contributed by atoms with E-state index in [0.717, 1.165) is 33.8 Å². The molecule has 1 fully saturated rings. The second-order valence-corrected chi connectivity index (χ2v) is 7.49. The molecule has 0 unspecified atom stereocenters. The van der Waals surface area contributed by atoms with E-state index >= 15 is 0 Å². The van der Waals surface area contributed by atoms with E-state index in [-0.39, 0.29) is 0 Å². The zero-order valence-corrected chi connectivity index (χ0v) is 14.5. The summed E-state index contributed by atoms with van der Waals surface area (Å²) in [6.45, 7) is 0. The normalized spacial score (nSPS) is 14.1. The van der Waals surface area contributed by atoms with Crippen molar-refractivity contribution in [2.45, 2.75) is 18.8 Å². The van der Waals surface area contributed by atoms with Gasteiger partial charge < -0.3 is 5.73 Å². The van der Waals surface area contributed by atoms with Gasteiger partial charge in [0.05, 0.1) is 33.3 Å². The number of nitrogens with zero attached hydrogens (tertiary/aromatic N) is 2. The second kappa shape index (κ2) is 5.67. The van der Waals surface area contributed by atoms with E-state index in [9.17, 15) is 0 Å². The van der Waals surface area contributed by atoms with Crippen LogP contribution in [0.15, 0.2) is 60.2 Å². The van der Waals surface area contributed by atoms with Crippen LogP contribution < -0.4 is 5.73 Å². The molecule has 2 aromatic heterocycles. The van der Waals surface area contributed by atoms with Crippen molar-refractivity contribution in [3.63, 3.8) is 0 Å². The molecular formula is C21H17N3S. The minimum Gasteiger partial charge on any atom is -0.397 e. The van der Waals surface area contributed by atoms with Crippen molar-refractivity contribution in [2.24, 2.45) is 0 Å². The predicted molar refractivity (Wildman–Crippen MR) is 105 cm³/mol. The van der Waals surface area contributed by atoms with Gasteiger partial charge in [0.2, 0.25) is 0 Å². The molecule has 2 heterocycles. The Balaban J connectivity index is 1.68. The quantitative estimate of drug-likeness (QED) is 0.535. The van der Waals surface area contributed by atoms with Crippen LogP contribution in [-0.4, -0.2) is 9.97 Å². The Morgan fingerprint density at radius 3 is 2.76 bits per heavy atom. The topological polar surface area (TPSA) is 51.8 Å². The molecule has 1 saturated carbocycles. The van der Waals surface area contributed by atoms with Gasteiger partial charge >= 0.3 is 0 Å². The highest BCUT2D eigenvalue weighted by Crippen LogP contribution is 2.42. The number of hydrogen-bond donors (Lipinski definition) is 1. The van der Waals surface area contributed by atoms with Crippen LogP contribution in [0, 0.1) is 0 Å². The Morgan fingerprint density at radius 1 is 0.960 bits per heavy atom. The molecule has 1 aliphatic carbocycles. The van der Waals surface area contributed by atoms with Crippen molar-refractivity contribution < 1.29 is 0 Å². The summed E-state index contributed by atoms with van der Waals surface area (Å²) in [5.74, 6) is 0.728. The largest absolute Gasteiger partial charge is 0.397 e. The van der Waals surface area contributed by atoms with Gasteiger partial charge in [0.15, 0.2) is 0 Å². The average molecular weight is 343 g/mol. The third-order valence-corrected chi connectivity index (χ3v) is 5.55. The molecule has 122 valence electrons. The number of aromatic nitrogens is 2. The molecule has 4 aromatic rings. The van der Waals surface area contributed by atoms with Crippen LogP contribution in [0.1, 0.15) is 24.3 Å². The lowest BCUT2D eigenvalue weighted by molar-refractivity contribution is 1.13. The molecule has 0 bridgehead atoms. The fraction of sp³-hybridized carbons (Fsp3) is 0.143. The van der Waals surface area contributed by atoms with Gasteiger partial charge in [0, 0.05) is 11.1 Å². The summed E-state index contributed by atoms with van der Waals surface area (Å²) < 4.78 is 1.18. The van der Waals surface area contributed by atoms with E-state index in [1.807, 2.05) is 11.6 Å². The Hall–Kier alpha value is -2.72. The number of benzene rings is 2. The molecule has 0 amide bonds. The SMILES string of the molecule is Nc1cnc(-c2cccc(C3CC3)c2)c(-c2ccc3ncsc3c2)c1. The minimum atomic E-state index is 0.682. The summed E-state index contributed by atoms with van der Waals surface area (Å²) in [6, 6.07) is 17.1. The first-order valence-electron chi connectivity index (χ1n) is 8.47. The van der Waals surface area contributed by atoms with E-state index in [1.165, 1.54) is 23.1 Å². The molecule has 4 heteroatoms. The average Bonchev–Trinajstić information content (AvgIpc) is 3.39. The second-order valence-electron chi connectivity index (χ2n) is 6.60. The Bertz CT molecular complexity index is 1080. The maximum atomic E-state index is 6.05. The fourth-order valence-electron chi connectivity index (χ4n) is 3.31. The van der Waals surface area contributed by atoms with Crippen LogP contribution in [0.25, 0.3) is 32.6 Å². The molecule has 1 aliphatic rings. The standard InChI is InChI=1S/C21H17N3S/c22-17-10-18(15-6-7-19-20(9-15)25-12-24-19)21(23-11-17)16-3-1-2-14(8-16)13-4-5-13/h1-3,6-13H,4-5,22H2. The first kappa shape index (κ1) is 14.6. The molecule has 2 N–H and O–H groups in total. The molecular weight excluding hydrogens is 326 g/mol. The van der Waals surface area contributed by atoms with Crippen LogP contribution in [-0.2, 0) is 0 Å². The monoisotopic (exact) mass is 343 g/mol. The van der Waals surface area contributed by atoms with Gasteiger partial charge in [-0.25, -0.2) is 4.98 Å². The number of nitrogen functional groups attached to an aromatic ring is 1. The Kier molecular flexibility index (Phi) is 3.31. The van der Waals surface area contributed by atoms with E-state index in [1.54, 1.807) is 17.5 Å². The number of rotatable bonds is 3. The smallest absolute Gasteiger partial charge is 0.0812 e. The van der Waals surface area contributed by atoms with E-state index in [2.05, 4.69) is 52.4 Å². The van der Waals surface area contributed by atoms with Crippen LogP contribution >= 0.6 is 11.3 Å². The summed E-state index contributed by atoms with van der Waals surface area (Å²) in [5.41, 5.74) is 15.4. The molecule has 0 spiro atoms. The molecule has 2 aromatic carbocycles. The number of fused-ring (bicyclic) bond motifs is 1. The van der Waals surface area contributed by atoms with Crippen molar-refractivity contribution in [3.05, 3.63) is 65.8 Å². The number of anilines is 1. The highest BCUT2D eigenvalue weighted by atomic mass is 32.1. The first-order chi connectivity index (χ1) is 12.3. The first-order valence-corrected chi connectivity index (χ1v) is 9.35. The summed E-state index contributed by atoms with van der Waals surface area (Å²) in [7, 11) is 0. The van der Waals surface area contributed by atoms with Crippen molar-refractivity contribution in [3.8, 4) is 22.4 Å². The number of pyridine rings is 1. The van der Waals surface area contributed by atoms with Gasteiger partial charge in [-0.2, -0.15) is 0 Å². The van der Waals surface area contributed by atoms with Gasteiger partial charge in [0.25, 0.3) is 0 Å². The molecule has 0 radical (unpaired) electrons. The van der Waals surface area contributed by atoms with E-state index in [4.69, 9.17) is 5.73 Å². The van der Waals surface area contributed by atoms with Gasteiger partial charge in [-0.1, -0.05) is 24.3 Å².